The topological polar surface area (TPSA) is 133 Å². The Labute approximate surface area is 297 Å². The van der Waals surface area contributed by atoms with E-state index in [1.54, 1.807) is 6.92 Å². The maximum absolute atomic E-state index is 15.7. The Morgan fingerprint density at radius 3 is 2.75 bits per heavy atom. The van der Waals surface area contributed by atoms with Gasteiger partial charge in [-0.2, -0.15) is 33.2 Å². The fourth-order valence-electron chi connectivity index (χ4n) is 8.08. The van der Waals surface area contributed by atoms with Crippen molar-refractivity contribution < 1.29 is 31.6 Å². The average Bonchev–Trinajstić information content (AvgIpc) is 3.85. The molecular formula is C36H37F4N9O3. The molecule has 3 aromatic heterocycles. The highest BCUT2D eigenvalue weighted by Gasteiger charge is 2.47. The van der Waals surface area contributed by atoms with E-state index in [4.69, 9.17) is 34.8 Å². The Morgan fingerprint density at radius 2 is 1.98 bits per heavy atom. The molecule has 2 atom stereocenters. The Morgan fingerprint density at radius 1 is 1.13 bits per heavy atom. The number of aromatic nitrogens is 6. The van der Waals surface area contributed by atoms with Gasteiger partial charge in [-0.25, -0.2) is 4.39 Å². The SMILES string of the molecule is C=C1CN2CCC[C@]2(COc2nc3c(c(N4CCCn5nc(-c6nc(C)no6)cc5C4)n2)CO[C@H](c2c(F)c(N)cc(C#CC)c2C(F)(F)F)C3)C1. The van der Waals surface area contributed by atoms with Gasteiger partial charge in [0, 0.05) is 42.7 Å². The highest BCUT2D eigenvalue weighted by molar-refractivity contribution is 5.59. The summed E-state index contributed by atoms with van der Waals surface area (Å²) in [4.78, 5) is 18.4. The number of fused-ring (bicyclic) bond motifs is 3. The van der Waals surface area contributed by atoms with Crippen LogP contribution in [0.25, 0.3) is 11.6 Å². The molecule has 2 N–H and O–H groups in total. The lowest BCUT2D eigenvalue weighted by Gasteiger charge is -2.33. The van der Waals surface area contributed by atoms with E-state index in [0.29, 0.717) is 67.1 Å². The molecule has 12 nitrogen and oxygen atoms in total. The van der Waals surface area contributed by atoms with Crippen LogP contribution in [-0.2, 0) is 37.0 Å². The number of nitrogens with two attached hydrogens (primary N) is 1. The molecule has 0 amide bonds. The number of ether oxygens (including phenoxy) is 2. The molecule has 7 heterocycles. The van der Waals surface area contributed by atoms with E-state index in [9.17, 15) is 13.2 Å². The summed E-state index contributed by atoms with van der Waals surface area (Å²) < 4.78 is 79.3. The minimum absolute atomic E-state index is 0.0922. The van der Waals surface area contributed by atoms with Crippen molar-refractivity contribution in [1.82, 2.24) is 34.8 Å². The van der Waals surface area contributed by atoms with Crippen LogP contribution in [0.4, 0.5) is 29.1 Å². The van der Waals surface area contributed by atoms with Gasteiger partial charge in [-0.3, -0.25) is 9.58 Å². The van der Waals surface area contributed by atoms with Gasteiger partial charge in [0.05, 0.1) is 47.4 Å². The summed E-state index contributed by atoms with van der Waals surface area (Å²) in [5.74, 6) is 5.08. The lowest BCUT2D eigenvalue weighted by atomic mass is 9.91. The predicted octanol–water partition coefficient (Wildman–Crippen LogP) is 5.54. The summed E-state index contributed by atoms with van der Waals surface area (Å²) in [5.41, 5.74) is 6.49. The molecule has 52 heavy (non-hydrogen) atoms. The summed E-state index contributed by atoms with van der Waals surface area (Å²) in [5, 5.41) is 8.58. The minimum atomic E-state index is -4.93. The molecule has 4 aliphatic heterocycles. The molecule has 0 bridgehead atoms. The van der Waals surface area contributed by atoms with E-state index in [2.05, 4.69) is 38.4 Å². The number of nitrogens with zero attached hydrogens (tertiary/aromatic N) is 8. The monoisotopic (exact) mass is 719 g/mol. The van der Waals surface area contributed by atoms with Crippen LogP contribution in [0.5, 0.6) is 6.01 Å². The van der Waals surface area contributed by atoms with Crippen LogP contribution in [-0.4, -0.2) is 66.6 Å². The molecule has 1 aromatic carbocycles. The Hall–Kier alpha value is -5.01. The van der Waals surface area contributed by atoms with E-state index in [-0.39, 0.29) is 24.6 Å². The normalized spacial score (nSPS) is 21.7. The van der Waals surface area contributed by atoms with Crippen LogP contribution < -0.4 is 15.4 Å². The van der Waals surface area contributed by atoms with Crippen LogP contribution in [0.2, 0.25) is 0 Å². The van der Waals surface area contributed by atoms with Crippen LogP contribution >= 0.6 is 0 Å². The van der Waals surface area contributed by atoms with Gasteiger partial charge in [0.1, 0.15) is 12.4 Å². The second-order valence-corrected chi connectivity index (χ2v) is 13.9. The number of anilines is 2. The van der Waals surface area contributed by atoms with Crippen molar-refractivity contribution in [2.75, 3.05) is 36.9 Å². The second kappa shape index (κ2) is 12.9. The first-order valence-corrected chi connectivity index (χ1v) is 17.2. The maximum atomic E-state index is 15.7. The number of benzene rings is 1. The van der Waals surface area contributed by atoms with E-state index < -0.39 is 40.5 Å². The Bertz CT molecular complexity index is 2130. The fraction of sp³-hybridized carbons (Fsp3) is 0.472. The molecule has 4 aliphatic rings. The third-order valence-corrected chi connectivity index (χ3v) is 10.3. The van der Waals surface area contributed by atoms with Gasteiger partial charge in [0.25, 0.3) is 5.89 Å². The Kier molecular flexibility index (Phi) is 8.45. The minimum Gasteiger partial charge on any atom is -0.461 e. The van der Waals surface area contributed by atoms with E-state index in [0.717, 1.165) is 49.7 Å². The highest BCUT2D eigenvalue weighted by atomic mass is 19.4. The summed E-state index contributed by atoms with van der Waals surface area (Å²) in [6.45, 7) is 10.9. The molecular weight excluding hydrogens is 682 g/mol. The van der Waals surface area contributed by atoms with Gasteiger partial charge in [-0.1, -0.05) is 23.2 Å². The quantitative estimate of drug-likeness (QED) is 0.117. The van der Waals surface area contributed by atoms with E-state index in [1.807, 2.05) is 10.7 Å². The number of hydrogen-bond donors (Lipinski definition) is 1. The number of aryl methyl sites for hydroxylation is 2. The fourth-order valence-corrected chi connectivity index (χ4v) is 8.08. The lowest BCUT2D eigenvalue weighted by molar-refractivity contribution is -0.140. The average molecular weight is 720 g/mol. The highest BCUT2D eigenvalue weighted by Crippen LogP contribution is 2.45. The summed E-state index contributed by atoms with van der Waals surface area (Å²) >= 11 is 0. The summed E-state index contributed by atoms with van der Waals surface area (Å²) in [6, 6.07) is 2.90. The predicted molar refractivity (Wildman–Crippen MR) is 180 cm³/mol. The summed E-state index contributed by atoms with van der Waals surface area (Å²) in [6.07, 6.45) is -2.97. The van der Waals surface area contributed by atoms with Crippen molar-refractivity contribution in [3.05, 3.63) is 69.6 Å². The molecule has 2 saturated heterocycles. The number of hydrogen-bond acceptors (Lipinski definition) is 11. The van der Waals surface area contributed by atoms with Crippen molar-refractivity contribution >= 4 is 11.5 Å². The third kappa shape index (κ3) is 6.05. The first-order valence-electron chi connectivity index (χ1n) is 17.2. The standard InChI is InChI=1S/C36H37F4N9O3/c1-4-7-22-12-25(41)31(37)29(30(22)36(38,39)40)28-14-26-24(18-50-28)32(44-34(43-26)51-19-35-8-5-10-48(35)16-20(2)15-35)47-9-6-11-49-23(17-47)13-27(45-49)33-42-21(3)46-52-33/h12-13,28H,2,5-6,8-11,14-19,41H2,1,3H3/t28-,35+/m0/s1. The zero-order chi connectivity index (χ0) is 36.4. The molecule has 272 valence electrons. The molecule has 0 unspecified atom stereocenters. The molecule has 0 spiro atoms. The van der Waals surface area contributed by atoms with Gasteiger partial charge >= 0.3 is 12.2 Å². The van der Waals surface area contributed by atoms with Gasteiger partial charge in [0.15, 0.2) is 17.3 Å². The third-order valence-electron chi connectivity index (χ3n) is 10.3. The van der Waals surface area contributed by atoms with Crippen LogP contribution in [0.1, 0.15) is 78.2 Å². The summed E-state index contributed by atoms with van der Waals surface area (Å²) in [7, 11) is 0. The first kappa shape index (κ1) is 34.1. The molecule has 16 heteroatoms. The van der Waals surface area contributed by atoms with Gasteiger partial charge in [0.2, 0.25) is 0 Å². The first-order chi connectivity index (χ1) is 24.9. The van der Waals surface area contributed by atoms with Gasteiger partial charge < -0.3 is 24.6 Å². The molecule has 0 aliphatic carbocycles. The van der Waals surface area contributed by atoms with Crippen molar-refractivity contribution in [1.29, 1.82) is 0 Å². The molecule has 0 radical (unpaired) electrons. The smallest absolute Gasteiger partial charge is 0.418 e. The molecule has 0 saturated carbocycles. The lowest BCUT2D eigenvalue weighted by Crippen LogP contribution is -2.43. The Balaban J connectivity index is 1.18. The van der Waals surface area contributed by atoms with Crippen molar-refractivity contribution in [3.63, 3.8) is 0 Å². The van der Waals surface area contributed by atoms with Gasteiger partial charge in [-0.15, -0.1) is 5.92 Å². The molecule has 8 rings (SSSR count). The number of alkyl halides is 3. The molecule has 4 aromatic rings. The number of rotatable bonds is 6. The molecule has 2 fully saturated rings. The van der Waals surface area contributed by atoms with Crippen LogP contribution in [0.15, 0.2) is 28.8 Å². The van der Waals surface area contributed by atoms with Crippen LogP contribution in [0.3, 0.4) is 0 Å². The van der Waals surface area contributed by atoms with E-state index >= 15 is 4.39 Å². The number of nitrogen functional groups attached to an aromatic ring is 1. The second-order valence-electron chi connectivity index (χ2n) is 13.9. The zero-order valence-corrected chi connectivity index (χ0v) is 28.8. The maximum Gasteiger partial charge on any atom is 0.418 e. The van der Waals surface area contributed by atoms with Crippen molar-refractivity contribution in [3.8, 4) is 29.4 Å². The van der Waals surface area contributed by atoms with Gasteiger partial charge in [-0.05, 0) is 58.2 Å². The van der Waals surface area contributed by atoms with Crippen molar-refractivity contribution in [2.45, 2.75) is 83.5 Å². The number of halogens is 4. The van der Waals surface area contributed by atoms with Crippen LogP contribution in [0, 0.1) is 24.6 Å². The largest absolute Gasteiger partial charge is 0.461 e. The van der Waals surface area contributed by atoms with E-state index in [1.165, 1.54) is 6.92 Å². The zero-order valence-electron chi connectivity index (χ0n) is 28.8. The van der Waals surface area contributed by atoms with Crippen molar-refractivity contribution in [2.24, 2.45) is 0 Å².